The molecule has 0 spiro atoms. The number of pyridine rings is 1. The first kappa shape index (κ1) is 56.1. The maximum Gasteiger partial charge on any atom is 0.135 e. The van der Waals surface area contributed by atoms with Gasteiger partial charge in [-0.15, -0.1) is 53.6 Å². The Morgan fingerprint density at radius 2 is 1.04 bits per heavy atom. The molecule has 5 nitrogen and oxygen atoms in total. The number of anilines is 4. The van der Waals surface area contributed by atoms with Gasteiger partial charge >= 0.3 is 0 Å². The third-order valence-corrected chi connectivity index (χ3v) is 16.5. The van der Waals surface area contributed by atoms with E-state index in [0.29, 0.717) is 11.5 Å². The summed E-state index contributed by atoms with van der Waals surface area (Å²) in [4.78, 5) is 9.78. The molecule has 0 amide bonds. The van der Waals surface area contributed by atoms with Crippen molar-refractivity contribution >= 4 is 44.6 Å². The van der Waals surface area contributed by atoms with Crippen LogP contribution in [0.15, 0.2) is 182 Å². The van der Waals surface area contributed by atoms with Crippen LogP contribution in [-0.2, 0) is 42.7 Å². The zero-order valence-corrected chi connectivity index (χ0v) is 51.3. The Hall–Kier alpha value is -7.20. The summed E-state index contributed by atoms with van der Waals surface area (Å²) < 4.78 is 9.45. The largest absolute Gasteiger partial charge is 0.509 e. The smallest absolute Gasteiger partial charge is 0.135 e. The Balaban J connectivity index is 0.00000720. The van der Waals surface area contributed by atoms with E-state index >= 15 is 0 Å². The summed E-state index contributed by atoms with van der Waals surface area (Å²) in [5, 5.41) is 2.20. The van der Waals surface area contributed by atoms with Crippen molar-refractivity contribution in [3.63, 3.8) is 0 Å². The number of hydrogen-bond acceptors (Lipinski definition) is 4. The van der Waals surface area contributed by atoms with E-state index in [4.69, 9.17) is 9.72 Å². The number of ether oxygens (including phenoxy) is 1. The zero-order chi connectivity index (χ0) is 55.8. The fourth-order valence-corrected chi connectivity index (χ4v) is 11.9. The number of benzene rings is 8. The van der Waals surface area contributed by atoms with Crippen LogP contribution >= 0.6 is 0 Å². The van der Waals surface area contributed by atoms with E-state index < -0.39 is 0 Å². The van der Waals surface area contributed by atoms with E-state index in [1.165, 1.54) is 50.1 Å². The minimum atomic E-state index is -0.255. The maximum absolute atomic E-state index is 7.21. The summed E-state index contributed by atoms with van der Waals surface area (Å²) in [6.07, 6.45) is 1.93. The Morgan fingerprint density at radius 1 is 0.487 bits per heavy atom. The van der Waals surface area contributed by atoms with Crippen molar-refractivity contribution in [2.75, 3.05) is 9.80 Å². The SMILES string of the molecule is CC(C)c1cccc(C(C)C)c1-c1cc(Oc2[c-]c3c(cc2)c2ccccc2n3-c2cc(C(C)(C)c3ccccc3)ccn2)[c-]c(N2[CH-]N(c3cccc(C(C)(C)c4ccccc4)c3)c3cc(C(C)(C)C)c(C(C)(C)C)cc32)c1.[Pt]. The Bertz CT molecular complexity index is 3860. The van der Waals surface area contributed by atoms with E-state index in [0.717, 1.165) is 55.9 Å². The number of nitrogens with zero attached hydrogens (tertiary/aromatic N) is 4. The molecule has 0 bridgehead atoms. The maximum atomic E-state index is 7.21. The Kier molecular flexibility index (Phi) is 15.0. The summed E-state index contributed by atoms with van der Waals surface area (Å²) in [6.45, 7) is 34.7. The molecule has 8 aromatic carbocycles. The fourth-order valence-electron chi connectivity index (χ4n) is 11.9. The van der Waals surface area contributed by atoms with Gasteiger partial charge < -0.3 is 19.1 Å². The molecule has 11 rings (SSSR count). The van der Waals surface area contributed by atoms with Crippen LogP contribution in [0.1, 0.15) is 153 Å². The van der Waals surface area contributed by atoms with Crippen LogP contribution < -0.4 is 14.5 Å². The fraction of sp³-hybridized carbons (Fsp3) is 0.270. The Morgan fingerprint density at radius 3 is 1.64 bits per heavy atom. The van der Waals surface area contributed by atoms with Crippen LogP contribution in [0.3, 0.4) is 0 Å². The first-order valence-corrected chi connectivity index (χ1v) is 28.2. The standard InChI is InChI=1S/C74H75N4O.Pt/c1-48(2)59-32-24-33-60(49(3)4)70(59)50-39-56(77-47-76(67-45-63(71(5,6)7)64(46-68(67)77)72(8,9)10)55-30-23-29-53(41-55)73(11,12)51-25-17-15-18-26-51)43-58(40-50)79-57-35-36-62-61-31-21-22-34-65(61)78(66(62)44-57)69-42-54(37-38-75-69)74(13,14)52-27-19-16-20-28-52;/h15-42,45-49H,1-14H3;/q-3;. The molecule has 0 N–H and O–H groups in total. The normalized spacial score (nSPS) is 13.2. The molecule has 6 heteroatoms. The molecule has 0 radical (unpaired) electrons. The summed E-state index contributed by atoms with van der Waals surface area (Å²) in [7, 11) is 0. The Labute approximate surface area is 491 Å². The molecule has 80 heavy (non-hydrogen) atoms. The molecule has 410 valence electrons. The van der Waals surface area contributed by atoms with E-state index in [1.54, 1.807) is 0 Å². The van der Waals surface area contributed by atoms with Gasteiger partial charge in [0.2, 0.25) is 0 Å². The summed E-state index contributed by atoms with van der Waals surface area (Å²) in [5.74, 6) is 2.58. The van der Waals surface area contributed by atoms with Gasteiger partial charge in [-0.1, -0.05) is 212 Å². The average molecular weight is 1230 g/mol. The second-order valence-corrected chi connectivity index (χ2v) is 25.5. The summed E-state index contributed by atoms with van der Waals surface area (Å²) in [5.41, 5.74) is 17.9. The van der Waals surface area contributed by atoms with Gasteiger partial charge in [0.1, 0.15) is 5.82 Å². The van der Waals surface area contributed by atoms with Gasteiger partial charge in [-0.05, 0) is 121 Å². The molecule has 0 unspecified atom stereocenters. The van der Waals surface area contributed by atoms with E-state index in [2.05, 4.69) is 306 Å². The van der Waals surface area contributed by atoms with Gasteiger partial charge in [0, 0.05) is 72.2 Å². The molecule has 0 aliphatic carbocycles. The molecule has 0 atom stereocenters. The molecular weight excluding hydrogens is 1160 g/mol. The van der Waals surface area contributed by atoms with Crippen LogP contribution in [0.2, 0.25) is 0 Å². The predicted octanol–water partition coefficient (Wildman–Crippen LogP) is 20.1. The van der Waals surface area contributed by atoms with Gasteiger partial charge in [0.25, 0.3) is 0 Å². The van der Waals surface area contributed by atoms with Gasteiger partial charge in [0.05, 0.1) is 0 Å². The molecule has 10 aromatic rings. The van der Waals surface area contributed by atoms with Crippen molar-refractivity contribution < 1.29 is 25.8 Å². The first-order valence-electron chi connectivity index (χ1n) is 28.2. The topological polar surface area (TPSA) is 33.5 Å². The van der Waals surface area contributed by atoms with E-state index in [-0.39, 0.29) is 54.6 Å². The van der Waals surface area contributed by atoms with Crippen LogP contribution in [0.4, 0.5) is 22.7 Å². The minimum Gasteiger partial charge on any atom is -0.509 e. The predicted molar refractivity (Wildman–Crippen MR) is 332 cm³/mol. The van der Waals surface area contributed by atoms with Gasteiger partial charge in [0.15, 0.2) is 0 Å². The number of aromatic nitrogens is 2. The molecule has 2 aromatic heterocycles. The van der Waals surface area contributed by atoms with Crippen molar-refractivity contribution in [1.29, 1.82) is 0 Å². The zero-order valence-electron chi connectivity index (χ0n) is 49.1. The minimum absolute atomic E-state index is 0. The second kappa shape index (κ2) is 21.4. The van der Waals surface area contributed by atoms with Crippen molar-refractivity contribution in [2.24, 2.45) is 0 Å². The van der Waals surface area contributed by atoms with Crippen LogP contribution in [0, 0.1) is 18.8 Å². The van der Waals surface area contributed by atoms with E-state index in [1.807, 2.05) is 6.20 Å². The van der Waals surface area contributed by atoms with Crippen molar-refractivity contribution in [3.05, 3.63) is 245 Å². The molecular formula is C74H75N4OPt-3. The molecule has 0 saturated heterocycles. The number of para-hydroxylation sites is 1. The van der Waals surface area contributed by atoms with Gasteiger partial charge in [-0.2, -0.15) is 6.07 Å². The average Bonchev–Trinajstić information content (AvgIpc) is 4.09. The summed E-state index contributed by atoms with van der Waals surface area (Å²) in [6, 6.07) is 71.7. The second-order valence-electron chi connectivity index (χ2n) is 25.5. The molecule has 0 saturated carbocycles. The van der Waals surface area contributed by atoms with Crippen LogP contribution in [0.25, 0.3) is 38.8 Å². The van der Waals surface area contributed by atoms with Crippen LogP contribution in [0.5, 0.6) is 11.5 Å². The van der Waals surface area contributed by atoms with Crippen molar-refractivity contribution in [2.45, 2.75) is 130 Å². The third kappa shape index (κ3) is 10.3. The van der Waals surface area contributed by atoms with Gasteiger partial charge in [-0.25, -0.2) is 4.98 Å². The molecule has 1 aliphatic heterocycles. The molecule has 1 aliphatic rings. The van der Waals surface area contributed by atoms with Crippen molar-refractivity contribution in [3.8, 4) is 28.4 Å². The summed E-state index contributed by atoms with van der Waals surface area (Å²) >= 11 is 0. The number of rotatable bonds is 12. The van der Waals surface area contributed by atoms with Gasteiger partial charge in [-0.3, -0.25) is 0 Å². The first-order chi connectivity index (χ1) is 37.6. The number of fused-ring (bicyclic) bond motifs is 4. The molecule has 0 fully saturated rings. The quantitative estimate of drug-likeness (QED) is 0.114. The monoisotopic (exact) mass is 1230 g/mol. The van der Waals surface area contributed by atoms with Crippen molar-refractivity contribution in [1.82, 2.24) is 9.55 Å². The van der Waals surface area contributed by atoms with Crippen LogP contribution in [-0.4, -0.2) is 9.55 Å². The third-order valence-electron chi connectivity index (χ3n) is 16.5. The number of hydrogen-bond donors (Lipinski definition) is 0. The molecule has 3 heterocycles. The van der Waals surface area contributed by atoms with E-state index in [9.17, 15) is 0 Å².